The zero-order valence-electron chi connectivity index (χ0n) is 12.6. The van der Waals surface area contributed by atoms with E-state index in [1.54, 1.807) is 0 Å². The zero-order chi connectivity index (χ0) is 15.0. The molecule has 0 N–H and O–H groups in total. The maximum absolute atomic E-state index is 3.25. The Bertz CT molecular complexity index is 615. The van der Waals surface area contributed by atoms with E-state index in [0.29, 0.717) is 0 Å². The summed E-state index contributed by atoms with van der Waals surface area (Å²) in [5, 5.41) is 0. The van der Waals surface area contributed by atoms with E-state index in [9.17, 15) is 0 Å². The van der Waals surface area contributed by atoms with E-state index >= 15 is 0 Å². The van der Waals surface area contributed by atoms with Gasteiger partial charge < -0.3 is 4.48 Å². The molecular weight excluding hydrogens is 254 g/mol. The van der Waals surface area contributed by atoms with Crippen molar-refractivity contribution in [3.63, 3.8) is 0 Å². The fourth-order valence-electron chi connectivity index (χ4n) is 1.81. The smallest absolute Gasteiger partial charge is 0.141 e. The molecule has 0 amide bonds. The molecule has 2 aromatic rings. The Balaban J connectivity index is 1.91. The summed E-state index contributed by atoms with van der Waals surface area (Å²) in [6, 6.07) is 20.2. The first-order valence-corrected chi connectivity index (χ1v) is 7.06. The third-order valence-corrected chi connectivity index (χ3v) is 3.03. The van der Waals surface area contributed by atoms with Crippen LogP contribution in [0.1, 0.15) is 11.1 Å². The molecule has 0 saturated carbocycles. The third kappa shape index (κ3) is 5.57. The highest BCUT2D eigenvalue weighted by molar-refractivity contribution is 5.34. The monoisotopic (exact) mass is 274 g/mol. The van der Waals surface area contributed by atoms with Gasteiger partial charge in [0.2, 0.25) is 0 Å². The van der Waals surface area contributed by atoms with Crippen molar-refractivity contribution in [2.24, 2.45) is 0 Å². The van der Waals surface area contributed by atoms with Crippen LogP contribution in [0.3, 0.4) is 0 Å². The lowest BCUT2D eigenvalue weighted by molar-refractivity contribution is -0.875. The van der Waals surface area contributed by atoms with Gasteiger partial charge in [-0.3, -0.25) is 0 Å². The van der Waals surface area contributed by atoms with E-state index in [2.05, 4.69) is 37.8 Å². The number of benzene rings is 2. The van der Waals surface area contributed by atoms with Gasteiger partial charge in [-0.1, -0.05) is 48.2 Å². The van der Waals surface area contributed by atoms with Crippen LogP contribution in [0, 0.1) is 23.7 Å². The molecule has 104 valence electrons. The molecule has 0 heterocycles. The summed E-state index contributed by atoms with van der Waals surface area (Å²) in [5.41, 5.74) is 2.13. The van der Waals surface area contributed by atoms with E-state index in [4.69, 9.17) is 0 Å². The van der Waals surface area contributed by atoms with Crippen molar-refractivity contribution in [2.75, 3.05) is 27.2 Å². The molecule has 0 saturated heterocycles. The standard InChI is InChI=1S/C20H20N/c1-21(2,17-9-15-19-11-5-3-6-12-19)18-10-16-20-13-7-4-8-14-20/h3-8,11-14H,17-18H2,1-2H3/q+1. The van der Waals surface area contributed by atoms with Crippen LogP contribution in [0.4, 0.5) is 0 Å². The van der Waals surface area contributed by atoms with Crippen molar-refractivity contribution < 1.29 is 4.48 Å². The first kappa shape index (κ1) is 14.9. The minimum Gasteiger partial charge on any atom is -0.308 e. The van der Waals surface area contributed by atoms with Crippen LogP contribution in [-0.4, -0.2) is 31.7 Å². The second-order valence-corrected chi connectivity index (χ2v) is 5.59. The molecule has 0 spiro atoms. The Hall–Kier alpha value is -2.48. The summed E-state index contributed by atoms with van der Waals surface area (Å²) in [6.45, 7) is 1.58. The number of hydrogen-bond donors (Lipinski definition) is 0. The number of hydrogen-bond acceptors (Lipinski definition) is 0. The van der Waals surface area contributed by atoms with E-state index in [0.717, 1.165) is 28.7 Å². The Labute approximate surface area is 127 Å². The van der Waals surface area contributed by atoms with Gasteiger partial charge in [0.05, 0.1) is 14.1 Å². The van der Waals surface area contributed by atoms with Gasteiger partial charge in [0, 0.05) is 11.1 Å². The second kappa shape index (κ2) is 7.34. The SMILES string of the molecule is C[N+](C)(CC#Cc1ccccc1)CC#Cc1ccccc1. The van der Waals surface area contributed by atoms with Crippen LogP contribution in [-0.2, 0) is 0 Å². The molecule has 0 unspecified atom stereocenters. The number of nitrogens with zero attached hydrogens (tertiary/aromatic N) is 1. The summed E-state index contributed by atoms with van der Waals surface area (Å²) in [7, 11) is 4.30. The first-order valence-electron chi connectivity index (χ1n) is 7.06. The predicted octanol–water partition coefficient (Wildman–Crippen LogP) is 3.17. The summed E-state index contributed by atoms with van der Waals surface area (Å²) in [5.74, 6) is 12.9. The largest absolute Gasteiger partial charge is 0.308 e. The Morgan fingerprint density at radius 2 is 1.05 bits per heavy atom. The molecule has 1 nitrogen and oxygen atoms in total. The quantitative estimate of drug-likeness (QED) is 0.583. The summed E-state index contributed by atoms with van der Waals surface area (Å²) in [4.78, 5) is 0. The Morgan fingerprint density at radius 1 is 0.667 bits per heavy atom. The van der Waals surface area contributed by atoms with Crippen LogP contribution in [0.5, 0.6) is 0 Å². The van der Waals surface area contributed by atoms with Crippen molar-refractivity contribution in [1.82, 2.24) is 0 Å². The predicted molar refractivity (Wildman–Crippen MR) is 88.5 cm³/mol. The van der Waals surface area contributed by atoms with E-state index in [1.807, 2.05) is 60.7 Å². The molecule has 1 heteroatoms. The number of quaternary nitrogens is 1. The zero-order valence-corrected chi connectivity index (χ0v) is 12.6. The minimum atomic E-state index is 0.777. The fraction of sp³-hybridized carbons (Fsp3) is 0.200. The van der Waals surface area contributed by atoms with Gasteiger partial charge in [-0.05, 0) is 36.1 Å². The number of rotatable bonds is 2. The summed E-state index contributed by atoms with van der Waals surface area (Å²) < 4.78 is 0.777. The van der Waals surface area contributed by atoms with Gasteiger partial charge in [-0.2, -0.15) is 0 Å². The molecule has 0 aliphatic rings. The second-order valence-electron chi connectivity index (χ2n) is 5.59. The van der Waals surface area contributed by atoms with Crippen molar-refractivity contribution >= 4 is 0 Å². The molecule has 0 aromatic heterocycles. The van der Waals surface area contributed by atoms with Gasteiger partial charge in [0.15, 0.2) is 0 Å². The molecule has 2 aromatic carbocycles. The van der Waals surface area contributed by atoms with E-state index < -0.39 is 0 Å². The highest BCUT2D eigenvalue weighted by Crippen LogP contribution is 1.98. The molecule has 0 radical (unpaired) electrons. The van der Waals surface area contributed by atoms with Crippen LogP contribution in [0.15, 0.2) is 60.7 Å². The van der Waals surface area contributed by atoms with Crippen LogP contribution >= 0.6 is 0 Å². The Morgan fingerprint density at radius 3 is 1.43 bits per heavy atom. The van der Waals surface area contributed by atoms with Crippen LogP contribution in [0.2, 0.25) is 0 Å². The van der Waals surface area contributed by atoms with Gasteiger partial charge in [-0.15, -0.1) is 0 Å². The molecule has 0 aliphatic carbocycles. The molecule has 0 aliphatic heterocycles. The molecule has 0 atom stereocenters. The van der Waals surface area contributed by atoms with Crippen molar-refractivity contribution in [3.05, 3.63) is 71.8 Å². The third-order valence-electron chi connectivity index (χ3n) is 3.03. The van der Waals surface area contributed by atoms with Gasteiger partial charge >= 0.3 is 0 Å². The molecular formula is C20H20N+. The molecule has 2 rings (SSSR count). The lowest BCUT2D eigenvalue weighted by Gasteiger charge is -2.24. The molecule has 21 heavy (non-hydrogen) atoms. The Kier molecular flexibility index (Phi) is 5.22. The highest BCUT2D eigenvalue weighted by Gasteiger charge is 2.10. The van der Waals surface area contributed by atoms with Crippen LogP contribution in [0.25, 0.3) is 0 Å². The maximum Gasteiger partial charge on any atom is 0.141 e. The van der Waals surface area contributed by atoms with Gasteiger partial charge in [0.25, 0.3) is 0 Å². The average molecular weight is 274 g/mol. The van der Waals surface area contributed by atoms with Gasteiger partial charge in [-0.25, -0.2) is 0 Å². The van der Waals surface area contributed by atoms with Crippen LogP contribution < -0.4 is 0 Å². The first-order chi connectivity index (χ1) is 10.2. The van der Waals surface area contributed by atoms with E-state index in [-0.39, 0.29) is 0 Å². The highest BCUT2D eigenvalue weighted by atomic mass is 15.3. The molecule has 0 bridgehead atoms. The topological polar surface area (TPSA) is 0 Å². The van der Waals surface area contributed by atoms with Crippen molar-refractivity contribution in [2.45, 2.75) is 0 Å². The lowest BCUT2D eigenvalue weighted by Crippen LogP contribution is -2.40. The maximum atomic E-state index is 3.25. The van der Waals surface area contributed by atoms with Gasteiger partial charge in [0.1, 0.15) is 13.1 Å². The summed E-state index contributed by atoms with van der Waals surface area (Å²) >= 11 is 0. The minimum absolute atomic E-state index is 0.777. The van der Waals surface area contributed by atoms with Crippen molar-refractivity contribution in [3.8, 4) is 23.7 Å². The van der Waals surface area contributed by atoms with E-state index in [1.165, 1.54) is 0 Å². The molecule has 0 fully saturated rings. The fourth-order valence-corrected chi connectivity index (χ4v) is 1.81. The average Bonchev–Trinajstić information content (AvgIpc) is 2.49. The summed E-state index contributed by atoms with van der Waals surface area (Å²) in [6.07, 6.45) is 0. The normalized spacial score (nSPS) is 10.0. The van der Waals surface area contributed by atoms with Crippen molar-refractivity contribution in [1.29, 1.82) is 0 Å². The lowest BCUT2D eigenvalue weighted by atomic mass is 10.2.